The molecular formula is C13H20FNO. The normalized spacial score (nSPS) is 14.5. The molecule has 2 nitrogen and oxygen atoms in total. The van der Waals surface area contributed by atoms with Crippen LogP contribution in [0.15, 0.2) is 24.3 Å². The van der Waals surface area contributed by atoms with Gasteiger partial charge < -0.3 is 10.1 Å². The summed E-state index contributed by atoms with van der Waals surface area (Å²) in [5, 5.41) is 3.35. The van der Waals surface area contributed by atoms with Crippen LogP contribution in [0, 0.1) is 5.82 Å². The fourth-order valence-corrected chi connectivity index (χ4v) is 1.33. The second-order valence-electron chi connectivity index (χ2n) is 4.10. The fraction of sp³-hybridized carbons (Fsp3) is 0.538. The Morgan fingerprint density at radius 3 is 2.75 bits per heavy atom. The summed E-state index contributed by atoms with van der Waals surface area (Å²) in [4.78, 5) is 0. The third-order valence-electron chi connectivity index (χ3n) is 2.50. The van der Waals surface area contributed by atoms with Gasteiger partial charge in [-0.15, -0.1) is 0 Å². The van der Waals surface area contributed by atoms with Crippen LogP contribution in [0.4, 0.5) is 4.39 Å². The lowest BCUT2D eigenvalue weighted by Crippen LogP contribution is -2.34. The van der Waals surface area contributed by atoms with Crippen LogP contribution in [0.3, 0.4) is 0 Å². The maximum absolute atomic E-state index is 12.9. The number of nitrogens with one attached hydrogen (secondary N) is 1. The predicted octanol–water partition coefficient (Wildman–Crippen LogP) is 2.98. The Labute approximate surface area is 96.8 Å². The molecule has 16 heavy (non-hydrogen) atoms. The molecule has 2 atom stereocenters. The van der Waals surface area contributed by atoms with Gasteiger partial charge in [0.1, 0.15) is 17.7 Å². The van der Waals surface area contributed by atoms with E-state index in [1.807, 2.05) is 6.92 Å². The van der Waals surface area contributed by atoms with E-state index in [0.29, 0.717) is 11.8 Å². The van der Waals surface area contributed by atoms with Gasteiger partial charge in [-0.05, 0) is 32.4 Å². The molecular weight excluding hydrogens is 205 g/mol. The van der Waals surface area contributed by atoms with Crippen molar-refractivity contribution in [3.05, 3.63) is 30.1 Å². The zero-order valence-electron chi connectivity index (χ0n) is 10.2. The van der Waals surface area contributed by atoms with Crippen LogP contribution in [0.1, 0.15) is 27.2 Å². The molecule has 2 unspecified atom stereocenters. The van der Waals surface area contributed by atoms with E-state index in [0.717, 1.165) is 13.0 Å². The summed E-state index contributed by atoms with van der Waals surface area (Å²) in [5.41, 5.74) is 0. The molecule has 0 bridgehead atoms. The standard InChI is InChI=1S/C13H20FNO/c1-4-10(2)15-9-11(3)16-13-7-5-6-12(14)8-13/h5-8,10-11,15H,4,9H2,1-3H3. The molecule has 0 aliphatic carbocycles. The Kier molecular flexibility index (Phi) is 5.26. The molecule has 0 fully saturated rings. The molecule has 1 N–H and O–H groups in total. The highest BCUT2D eigenvalue weighted by Gasteiger charge is 2.06. The van der Waals surface area contributed by atoms with Gasteiger partial charge in [0, 0.05) is 18.7 Å². The quantitative estimate of drug-likeness (QED) is 0.803. The minimum Gasteiger partial charge on any atom is -0.489 e. The van der Waals surface area contributed by atoms with E-state index in [1.54, 1.807) is 12.1 Å². The SMILES string of the molecule is CCC(C)NCC(C)Oc1cccc(F)c1. The molecule has 0 heterocycles. The van der Waals surface area contributed by atoms with Gasteiger partial charge in [0.25, 0.3) is 0 Å². The highest BCUT2D eigenvalue weighted by molar-refractivity contribution is 5.22. The van der Waals surface area contributed by atoms with Crippen molar-refractivity contribution in [2.75, 3.05) is 6.54 Å². The predicted molar refractivity (Wildman–Crippen MR) is 64.2 cm³/mol. The zero-order valence-corrected chi connectivity index (χ0v) is 10.2. The number of hydrogen-bond acceptors (Lipinski definition) is 2. The Bertz CT molecular complexity index is 317. The maximum atomic E-state index is 12.9. The van der Waals surface area contributed by atoms with Crippen molar-refractivity contribution in [1.82, 2.24) is 5.32 Å². The van der Waals surface area contributed by atoms with Gasteiger partial charge in [-0.1, -0.05) is 13.0 Å². The number of rotatable bonds is 6. The molecule has 0 aliphatic heterocycles. The van der Waals surface area contributed by atoms with Gasteiger partial charge in [-0.25, -0.2) is 4.39 Å². The summed E-state index contributed by atoms with van der Waals surface area (Å²) in [6.07, 6.45) is 1.13. The Morgan fingerprint density at radius 2 is 2.12 bits per heavy atom. The van der Waals surface area contributed by atoms with Crippen LogP contribution >= 0.6 is 0 Å². The van der Waals surface area contributed by atoms with Crippen molar-refractivity contribution in [2.24, 2.45) is 0 Å². The van der Waals surface area contributed by atoms with Gasteiger partial charge in [0.2, 0.25) is 0 Å². The van der Waals surface area contributed by atoms with E-state index >= 15 is 0 Å². The number of hydrogen-bond donors (Lipinski definition) is 1. The topological polar surface area (TPSA) is 21.3 Å². The summed E-state index contributed by atoms with van der Waals surface area (Å²) < 4.78 is 18.5. The smallest absolute Gasteiger partial charge is 0.126 e. The molecule has 0 amide bonds. The molecule has 0 saturated heterocycles. The van der Waals surface area contributed by atoms with Crippen LogP contribution < -0.4 is 10.1 Å². The molecule has 0 aromatic heterocycles. The molecule has 1 aromatic rings. The van der Waals surface area contributed by atoms with Crippen molar-refractivity contribution in [1.29, 1.82) is 0 Å². The monoisotopic (exact) mass is 225 g/mol. The lowest BCUT2D eigenvalue weighted by atomic mass is 10.2. The number of ether oxygens (including phenoxy) is 1. The van der Waals surface area contributed by atoms with E-state index in [4.69, 9.17) is 4.74 Å². The Morgan fingerprint density at radius 1 is 1.38 bits per heavy atom. The van der Waals surface area contributed by atoms with E-state index in [-0.39, 0.29) is 11.9 Å². The first-order valence-electron chi connectivity index (χ1n) is 5.77. The first-order valence-corrected chi connectivity index (χ1v) is 5.77. The minimum absolute atomic E-state index is 0.0378. The second kappa shape index (κ2) is 6.48. The first-order chi connectivity index (χ1) is 7.61. The summed E-state index contributed by atoms with van der Waals surface area (Å²) in [6.45, 7) is 7.01. The third-order valence-corrected chi connectivity index (χ3v) is 2.50. The lowest BCUT2D eigenvalue weighted by molar-refractivity contribution is 0.211. The van der Waals surface area contributed by atoms with Gasteiger partial charge in [-0.3, -0.25) is 0 Å². The largest absolute Gasteiger partial charge is 0.489 e. The van der Waals surface area contributed by atoms with Crippen LogP contribution in [0.5, 0.6) is 5.75 Å². The first kappa shape index (κ1) is 13.0. The van der Waals surface area contributed by atoms with E-state index in [1.165, 1.54) is 12.1 Å². The van der Waals surface area contributed by atoms with Crippen molar-refractivity contribution >= 4 is 0 Å². The summed E-state index contributed by atoms with van der Waals surface area (Å²) >= 11 is 0. The molecule has 0 aliphatic rings. The maximum Gasteiger partial charge on any atom is 0.126 e. The molecule has 0 radical (unpaired) electrons. The number of benzene rings is 1. The van der Waals surface area contributed by atoms with Crippen molar-refractivity contribution in [3.63, 3.8) is 0 Å². The Hall–Kier alpha value is -1.09. The molecule has 90 valence electrons. The second-order valence-corrected chi connectivity index (χ2v) is 4.10. The summed E-state index contributed by atoms with van der Waals surface area (Å²) in [7, 11) is 0. The molecule has 1 rings (SSSR count). The average Bonchev–Trinajstić information content (AvgIpc) is 2.26. The highest BCUT2D eigenvalue weighted by atomic mass is 19.1. The molecule has 1 aromatic carbocycles. The zero-order chi connectivity index (χ0) is 12.0. The summed E-state index contributed by atoms with van der Waals surface area (Å²) in [6, 6.07) is 6.72. The minimum atomic E-state index is -0.264. The van der Waals surface area contributed by atoms with Gasteiger partial charge >= 0.3 is 0 Å². The number of halogens is 1. The van der Waals surface area contributed by atoms with Crippen molar-refractivity contribution in [2.45, 2.75) is 39.3 Å². The van der Waals surface area contributed by atoms with Crippen LogP contribution in [-0.4, -0.2) is 18.7 Å². The van der Waals surface area contributed by atoms with Gasteiger partial charge in [-0.2, -0.15) is 0 Å². The summed E-state index contributed by atoms with van der Waals surface area (Å²) in [5.74, 6) is 0.318. The van der Waals surface area contributed by atoms with E-state index < -0.39 is 0 Å². The molecule has 0 saturated carbocycles. The third kappa shape index (κ3) is 4.62. The van der Waals surface area contributed by atoms with E-state index in [9.17, 15) is 4.39 Å². The van der Waals surface area contributed by atoms with Gasteiger partial charge in [0.15, 0.2) is 0 Å². The van der Waals surface area contributed by atoms with Crippen LogP contribution in [-0.2, 0) is 0 Å². The van der Waals surface area contributed by atoms with E-state index in [2.05, 4.69) is 19.2 Å². The van der Waals surface area contributed by atoms with Crippen LogP contribution in [0.2, 0.25) is 0 Å². The van der Waals surface area contributed by atoms with Gasteiger partial charge in [0.05, 0.1) is 0 Å². The lowest BCUT2D eigenvalue weighted by Gasteiger charge is -2.18. The average molecular weight is 225 g/mol. The van der Waals surface area contributed by atoms with Crippen molar-refractivity contribution in [3.8, 4) is 5.75 Å². The Balaban J connectivity index is 2.36. The molecule has 0 spiro atoms. The van der Waals surface area contributed by atoms with Crippen LogP contribution in [0.25, 0.3) is 0 Å². The highest BCUT2D eigenvalue weighted by Crippen LogP contribution is 2.13. The molecule has 3 heteroatoms. The fourth-order valence-electron chi connectivity index (χ4n) is 1.33. The van der Waals surface area contributed by atoms with Crippen molar-refractivity contribution < 1.29 is 9.13 Å².